The molecule has 0 aromatic heterocycles. The first kappa shape index (κ1) is 13.5. The first-order valence-electron chi connectivity index (χ1n) is 6.90. The SMILES string of the molecule is Nc1ccc(F)cc1NCCc1ccc2c(c1)OCCO2. The fourth-order valence-corrected chi connectivity index (χ4v) is 2.27. The summed E-state index contributed by atoms with van der Waals surface area (Å²) in [5.74, 6) is 1.27. The van der Waals surface area contributed by atoms with Crippen molar-refractivity contribution in [2.45, 2.75) is 6.42 Å². The Labute approximate surface area is 122 Å². The molecule has 0 aliphatic carbocycles. The van der Waals surface area contributed by atoms with E-state index in [1.807, 2.05) is 18.2 Å². The van der Waals surface area contributed by atoms with Crippen molar-refractivity contribution >= 4 is 11.4 Å². The van der Waals surface area contributed by atoms with E-state index in [1.54, 1.807) is 6.07 Å². The lowest BCUT2D eigenvalue weighted by molar-refractivity contribution is 0.171. The van der Waals surface area contributed by atoms with Gasteiger partial charge in [-0.05, 0) is 42.3 Å². The molecule has 3 rings (SSSR count). The van der Waals surface area contributed by atoms with Crippen LogP contribution in [0.5, 0.6) is 11.5 Å². The largest absolute Gasteiger partial charge is 0.486 e. The molecule has 1 heterocycles. The number of hydrogen-bond donors (Lipinski definition) is 2. The van der Waals surface area contributed by atoms with Gasteiger partial charge in [-0.3, -0.25) is 0 Å². The van der Waals surface area contributed by atoms with Gasteiger partial charge in [-0.2, -0.15) is 0 Å². The van der Waals surface area contributed by atoms with Crippen molar-refractivity contribution in [2.75, 3.05) is 30.8 Å². The molecule has 2 aromatic carbocycles. The number of hydrogen-bond acceptors (Lipinski definition) is 4. The molecule has 0 radical (unpaired) electrons. The van der Waals surface area contributed by atoms with Crippen molar-refractivity contribution in [3.8, 4) is 11.5 Å². The molecule has 0 saturated carbocycles. The lowest BCUT2D eigenvalue weighted by Crippen LogP contribution is -2.15. The Morgan fingerprint density at radius 2 is 1.86 bits per heavy atom. The van der Waals surface area contributed by atoms with E-state index < -0.39 is 0 Å². The van der Waals surface area contributed by atoms with Crippen molar-refractivity contribution in [2.24, 2.45) is 0 Å². The van der Waals surface area contributed by atoms with Crippen molar-refractivity contribution in [3.05, 3.63) is 47.8 Å². The maximum atomic E-state index is 13.2. The van der Waals surface area contributed by atoms with Crippen molar-refractivity contribution in [3.63, 3.8) is 0 Å². The van der Waals surface area contributed by atoms with Gasteiger partial charge in [-0.15, -0.1) is 0 Å². The van der Waals surface area contributed by atoms with Crippen LogP contribution < -0.4 is 20.5 Å². The molecule has 1 aliphatic heterocycles. The Kier molecular flexibility index (Phi) is 3.81. The normalized spacial score (nSPS) is 13.0. The summed E-state index contributed by atoms with van der Waals surface area (Å²) >= 11 is 0. The zero-order chi connectivity index (χ0) is 14.7. The quantitative estimate of drug-likeness (QED) is 0.849. The molecule has 0 amide bonds. The summed E-state index contributed by atoms with van der Waals surface area (Å²) in [6.45, 7) is 1.83. The highest BCUT2D eigenvalue weighted by Crippen LogP contribution is 2.30. The highest BCUT2D eigenvalue weighted by Gasteiger charge is 2.11. The standard InChI is InChI=1S/C16H17FN2O2/c17-12-2-3-13(18)14(10-12)19-6-5-11-1-4-15-16(9-11)21-8-7-20-15/h1-4,9-10,19H,5-8,18H2. The van der Waals surface area contributed by atoms with Gasteiger partial charge in [0.2, 0.25) is 0 Å². The average molecular weight is 288 g/mol. The van der Waals surface area contributed by atoms with Crippen LogP contribution in [0.4, 0.5) is 15.8 Å². The third kappa shape index (κ3) is 3.18. The number of fused-ring (bicyclic) bond motifs is 1. The van der Waals surface area contributed by atoms with Crippen molar-refractivity contribution < 1.29 is 13.9 Å². The van der Waals surface area contributed by atoms with Crippen molar-refractivity contribution in [1.82, 2.24) is 0 Å². The molecule has 21 heavy (non-hydrogen) atoms. The van der Waals surface area contributed by atoms with Gasteiger partial charge < -0.3 is 20.5 Å². The van der Waals surface area contributed by atoms with Crippen LogP contribution in [0.25, 0.3) is 0 Å². The highest BCUT2D eigenvalue weighted by atomic mass is 19.1. The average Bonchev–Trinajstić information content (AvgIpc) is 2.50. The lowest BCUT2D eigenvalue weighted by Gasteiger charge is -2.19. The maximum absolute atomic E-state index is 13.2. The fraction of sp³-hybridized carbons (Fsp3) is 0.250. The van der Waals surface area contributed by atoms with Gasteiger partial charge in [-0.25, -0.2) is 4.39 Å². The summed E-state index contributed by atoms with van der Waals surface area (Å²) in [6, 6.07) is 10.2. The van der Waals surface area contributed by atoms with Gasteiger partial charge in [0.25, 0.3) is 0 Å². The highest BCUT2D eigenvalue weighted by molar-refractivity contribution is 5.65. The molecular weight excluding hydrogens is 271 g/mol. The molecule has 5 heteroatoms. The van der Waals surface area contributed by atoms with E-state index >= 15 is 0 Å². The second kappa shape index (κ2) is 5.91. The minimum absolute atomic E-state index is 0.300. The van der Waals surface area contributed by atoms with E-state index in [4.69, 9.17) is 15.2 Å². The molecule has 4 nitrogen and oxygen atoms in total. The zero-order valence-electron chi connectivity index (χ0n) is 11.6. The van der Waals surface area contributed by atoms with Crippen LogP contribution in [0.3, 0.4) is 0 Å². The summed E-state index contributed by atoms with van der Waals surface area (Å²) in [4.78, 5) is 0. The second-order valence-corrected chi connectivity index (χ2v) is 4.89. The minimum atomic E-state index is -0.300. The lowest BCUT2D eigenvalue weighted by atomic mass is 10.1. The maximum Gasteiger partial charge on any atom is 0.161 e. The Hall–Kier alpha value is -2.43. The molecular formula is C16H17FN2O2. The third-order valence-corrected chi connectivity index (χ3v) is 3.35. The number of benzene rings is 2. The topological polar surface area (TPSA) is 56.5 Å². The van der Waals surface area contributed by atoms with Gasteiger partial charge in [0, 0.05) is 6.54 Å². The van der Waals surface area contributed by atoms with Crippen LogP contribution in [-0.2, 0) is 6.42 Å². The van der Waals surface area contributed by atoms with Crippen LogP contribution in [0.15, 0.2) is 36.4 Å². The Balaban J connectivity index is 1.61. The van der Waals surface area contributed by atoms with Crippen LogP contribution in [0, 0.1) is 5.82 Å². The molecule has 0 fully saturated rings. The first-order valence-corrected chi connectivity index (χ1v) is 6.90. The van der Waals surface area contributed by atoms with Crippen molar-refractivity contribution in [1.29, 1.82) is 0 Å². The smallest absolute Gasteiger partial charge is 0.161 e. The minimum Gasteiger partial charge on any atom is -0.486 e. The van der Waals surface area contributed by atoms with Gasteiger partial charge in [-0.1, -0.05) is 6.07 Å². The molecule has 2 aromatic rings. The van der Waals surface area contributed by atoms with Gasteiger partial charge in [0.15, 0.2) is 11.5 Å². The number of nitrogen functional groups attached to an aromatic ring is 1. The number of anilines is 2. The van der Waals surface area contributed by atoms with Gasteiger partial charge in [0.05, 0.1) is 11.4 Å². The molecule has 1 aliphatic rings. The van der Waals surface area contributed by atoms with E-state index in [1.165, 1.54) is 12.1 Å². The van der Waals surface area contributed by atoms with E-state index in [0.29, 0.717) is 31.1 Å². The molecule has 0 saturated heterocycles. The number of rotatable bonds is 4. The summed E-state index contributed by atoms with van der Waals surface area (Å²) in [5.41, 5.74) is 8.08. The Morgan fingerprint density at radius 3 is 2.71 bits per heavy atom. The van der Waals surface area contributed by atoms with Crippen LogP contribution in [-0.4, -0.2) is 19.8 Å². The fourth-order valence-electron chi connectivity index (χ4n) is 2.27. The second-order valence-electron chi connectivity index (χ2n) is 4.89. The van der Waals surface area contributed by atoms with E-state index in [-0.39, 0.29) is 5.82 Å². The first-order chi connectivity index (χ1) is 10.2. The molecule has 3 N–H and O–H groups in total. The number of halogens is 1. The molecule has 110 valence electrons. The van der Waals surface area contributed by atoms with Gasteiger partial charge in [0.1, 0.15) is 19.0 Å². The van der Waals surface area contributed by atoms with Gasteiger partial charge >= 0.3 is 0 Å². The Morgan fingerprint density at radius 1 is 1.05 bits per heavy atom. The summed E-state index contributed by atoms with van der Waals surface area (Å²) in [7, 11) is 0. The molecule has 0 bridgehead atoms. The zero-order valence-corrected chi connectivity index (χ0v) is 11.6. The monoisotopic (exact) mass is 288 g/mol. The Bertz CT molecular complexity index is 646. The van der Waals surface area contributed by atoms with Crippen LogP contribution >= 0.6 is 0 Å². The predicted molar refractivity (Wildman–Crippen MR) is 80.4 cm³/mol. The van der Waals surface area contributed by atoms with E-state index in [9.17, 15) is 4.39 Å². The van der Waals surface area contributed by atoms with E-state index in [0.717, 1.165) is 23.5 Å². The molecule has 0 atom stereocenters. The summed E-state index contributed by atoms with van der Waals surface area (Å²) < 4.78 is 24.2. The summed E-state index contributed by atoms with van der Waals surface area (Å²) in [6.07, 6.45) is 0.784. The third-order valence-electron chi connectivity index (χ3n) is 3.35. The number of ether oxygens (including phenoxy) is 2. The summed E-state index contributed by atoms with van der Waals surface area (Å²) in [5, 5.41) is 3.15. The molecule has 0 unspecified atom stereocenters. The van der Waals surface area contributed by atoms with Crippen LogP contribution in [0.2, 0.25) is 0 Å². The predicted octanol–water partition coefficient (Wildman–Crippen LogP) is 2.83. The van der Waals surface area contributed by atoms with Crippen LogP contribution in [0.1, 0.15) is 5.56 Å². The molecule has 0 spiro atoms. The van der Waals surface area contributed by atoms with E-state index in [2.05, 4.69) is 5.32 Å². The number of nitrogens with two attached hydrogens (primary N) is 1. The number of nitrogens with one attached hydrogen (secondary N) is 1.